The fourth-order valence-electron chi connectivity index (χ4n) is 1.94. The zero-order chi connectivity index (χ0) is 11.2. The van der Waals surface area contributed by atoms with E-state index in [1.54, 1.807) is 11.3 Å². The van der Waals surface area contributed by atoms with Gasteiger partial charge in [-0.1, -0.05) is 13.3 Å². The van der Waals surface area contributed by atoms with Crippen molar-refractivity contribution in [2.75, 3.05) is 6.54 Å². The summed E-state index contributed by atoms with van der Waals surface area (Å²) >= 11 is 1.72. The van der Waals surface area contributed by atoms with E-state index >= 15 is 0 Å². The molecule has 1 aliphatic rings. The molecule has 0 amide bonds. The summed E-state index contributed by atoms with van der Waals surface area (Å²) in [6.45, 7) is 3.17. The van der Waals surface area contributed by atoms with Crippen LogP contribution in [0.1, 0.15) is 50.1 Å². The molecule has 1 aromatic rings. The van der Waals surface area contributed by atoms with E-state index in [9.17, 15) is 0 Å². The van der Waals surface area contributed by atoms with Crippen molar-refractivity contribution in [2.24, 2.45) is 4.99 Å². The average Bonchev–Trinajstić information content (AvgIpc) is 2.71. The molecule has 2 heterocycles. The highest BCUT2D eigenvalue weighted by Crippen LogP contribution is 2.19. The number of thiazole rings is 1. The Hall–Kier alpha value is -0.900. The summed E-state index contributed by atoms with van der Waals surface area (Å²) in [5.41, 5.74) is 0. The molecule has 3 nitrogen and oxygen atoms in total. The lowest BCUT2D eigenvalue weighted by molar-refractivity contribution is 0.611. The Balaban J connectivity index is 1.98. The lowest BCUT2D eigenvalue weighted by Crippen LogP contribution is -2.28. The Bertz CT molecular complexity index is 332. The van der Waals surface area contributed by atoms with Crippen molar-refractivity contribution in [1.29, 1.82) is 0 Å². The number of rotatable bonds is 3. The van der Waals surface area contributed by atoms with Crippen LogP contribution in [0.4, 0.5) is 0 Å². The van der Waals surface area contributed by atoms with Crippen LogP contribution in [0, 0.1) is 0 Å². The van der Waals surface area contributed by atoms with Crippen LogP contribution in [0.15, 0.2) is 16.6 Å². The Morgan fingerprint density at radius 1 is 1.44 bits per heavy atom. The van der Waals surface area contributed by atoms with Gasteiger partial charge in [0.15, 0.2) is 0 Å². The molecule has 0 spiro atoms. The minimum Gasteiger partial charge on any atom is -0.365 e. The van der Waals surface area contributed by atoms with Crippen molar-refractivity contribution in [3.05, 3.63) is 16.6 Å². The molecule has 0 saturated carbocycles. The quantitative estimate of drug-likeness (QED) is 0.876. The highest BCUT2D eigenvalue weighted by Gasteiger charge is 2.14. The third-order valence-electron chi connectivity index (χ3n) is 2.87. The van der Waals surface area contributed by atoms with Gasteiger partial charge < -0.3 is 5.32 Å². The first-order valence-corrected chi connectivity index (χ1v) is 6.97. The summed E-state index contributed by atoms with van der Waals surface area (Å²) in [5, 5.41) is 6.76. The molecule has 1 aliphatic heterocycles. The highest BCUT2D eigenvalue weighted by molar-refractivity contribution is 7.09. The molecular formula is C12H19N3S. The van der Waals surface area contributed by atoms with Gasteiger partial charge >= 0.3 is 0 Å². The molecule has 1 aromatic heterocycles. The van der Waals surface area contributed by atoms with Crippen LogP contribution in [0.3, 0.4) is 0 Å². The molecule has 0 fully saturated rings. The smallest absolute Gasteiger partial charge is 0.115 e. The first-order chi connectivity index (χ1) is 7.90. The van der Waals surface area contributed by atoms with Gasteiger partial charge in [0.2, 0.25) is 0 Å². The topological polar surface area (TPSA) is 37.3 Å². The van der Waals surface area contributed by atoms with E-state index in [-0.39, 0.29) is 0 Å². The number of nitrogens with one attached hydrogen (secondary N) is 1. The van der Waals surface area contributed by atoms with Crippen molar-refractivity contribution in [1.82, 2.24) is 10.3 Å². The van der Waals surface area contributed by atoms with E-state index in [0.717, 1.165) is 19.4 Å². The molecule has 1 unspecified atom stereocenters. The maximum Gasteiger partial charge on any atom is 0.115 e. The van der Waals surface area contributed by atoms with Crippen molar-refractivity contribution >= 4 is 17.2 Å². The van der Waals surface area contributed by atoms with Gasteiger partial charge in [-0.15, -0.1) is 11.3 Å². The van der Waals surface area contributed by atoms with Crippen LogP contribution in [0.5, 0.6) is 0 Å². The van der Waals surface area contributed by atoms with Gasteiger partial charge in [0, 0.05) is 24.5 Å². The monoisotopic (exact) mass is 237 g/mol. The maximum atomic E-state index is 4.60. The molecule has 4 heteroatoms. The maximum absolute atomic E-state index is 4.60. The number of amidine groups is 1. The van der Waals surface area contributed by atoms with E-state index < -0.39 is 0 Å². The van der Waals surface area contributed by atoms with Crippen LogP contribution in [-0.2, 0) is 0 Å². The molecule has 1 atom stereocenters. The van der Waals surface area contributed by atoms with Crippen molar-refractivity contribution in [2.45, 2.75) is 45.1 Å². The largest absolute Gasteiger partial charge is 0.365 e. The third-order valence-corrected chi connectivity index (χ3v) is 3.76. The molecule has 16 heavy (non-hydrogen) atoms. The van der Waals surface area contributed by atoms with Crippen LogP contribution in [0.2, 0.25) is 0 Å². The Morgan fingerprint density at radius 3 is 3.12 bits per heavy atom. The highest BCUT2D eigenvalue weighted by atomic mass is 32.1. The van der Waals surface area contributed by atoms with E-state index in [0.29, 0.717) is 6.04 Å². The summed E-state index contributed by atoms with van der Waals surface area (Å²) in [7, 11) is 0. The van der Waals surface area contributed by atoms with Crippen LogP contribution < -0.4 is 5.32 Å². The minimum absolute atomic E-state index is 0.344. The van der Waals surface area contributed by atoms with Crippen LogP contribution in [0.25, 0.3) is 0 Å². The standard InChI is InChI=1S/C12H19N3S/c1-2-10(12-14-8-9-16-12)15-11-6-4-3-5-7-13-11/h8-10H,2-7H2,1H3,(H,13,15). The summed E-state index contributed by atoms with van der Waals surface area (Å²) < 4.78 is 0. The lowest BCUT2D eigenvalue weighted by Gasteiger charge is -2.16. The average molecular weight is 237 g/mol. The minimum atomic E-state index is 0.344. The van der Waals surface area contributed by atoms with Gasteiger partial charge in [0.1, 0.15) is 5.01 Å². The van der Waals surface area contributed by atoms with Gasteiger partial charge in [0.25, 0.3) is 0 Å². The predicted molar refractivity (Wildman–Crippen MR) is 69.1 cm³/mol. The zero-order valence-electron chi connectivity index (χ0n) is 9.78. The SMILES string of the molecule is CCC(NC1=NCCCCC1)c1nccs1. The molecule has 0 radical (unpaired) electrons. The normalized spacial score (nSPS) is 18.7. The van der Waals surface area contributed by atoms with Crippen molar-refractivity contribution in [3.63, 3.8) is 0 Å². The molecule has 0 aliphatic carbocycles. The zero-order valence-corrected chi connectivity index (χ0v) is 10.6. The molecule has 0 saturated heterocycles. The molecule has 1 N–H and O–H groups in total. The van der Waals surface area contributed by atoms with Crippen molar-refractivity contribution < 1.29 is 0 Å². The van der Waals surface area contributed by atoms with Crippen LogP contribution in [-0.4, -0.2) is 17.4 Å². The fourth-order valence-corrected chi connectivity index (χ4v) is 2.71. The van der Waals surface area contributed by atoms with Gasteiger partial charge in [-0.05, 0) is 19.3 Å². The summed E-state index contributed by atoms with van der Waals surface area (Å²) in [6.07, 6.45) is 7.84. The number of hydrogen-bond acceptors (Lipinski definition) is 4. The Morgan fingerprint density at radius 2 is 2.38 bits per heavy atom. The molecule has 0 aromatic carbocycles. The first kappa shape index (κ1) is 11.6. The molecule has 88 valence electrons. The second kappa shape index (κ2) is 5.99. The summed E-state index contributed by atoms with van der Waals surface area (Å²) in [4.78, 5) is 8.98. The number of aliphatic imine (C=N–C) groups is 1. The second-order valence-electron chi connectivity index (χ2n) is 4.11. The van der Waals surface area contributed by atoms with E-state index in [1.807, 2.05) is 11.6 Å². The Labute approximate surface area is 101 Å². The number of aromatic nitrogens is 1. The lowest BCUT2D eigenvalue weighted by atomic mass is 10.2. The third kappa shape index (κ3) is 3.04. The molecule has 0 bridgehead atoms. The Kier molecular flexibility index (Phi) is 4.34. The number of nitrogens with zero attached hydrogens (tertiary/aromatic N) is 2. The molecule has 2 rings (SSSR count). The first-order valence-electron chi connectivity index (χ1n) is 6.09. The molecular weight excluding hydrogens is 218 g/mol. The summed E-state index contributed by atoms with van der Waals surface area (Å²) in [6, 6.07) is 0.344. The van der Waals surface area contributed by atoms with E-state index in [4.69, 9.17) is 0 Å². The fraction of sp³-hybridized carbons (Fsp3) is 0.667. The van der Waals surface area contributed by atoms with Gasteiger partial charge in [-0.2, -0.15) is 0 Å². The van der Waals surface area contributed by atoms with Crippen molar-refractivity contribution in [3.8, 4) is 0 Å². The summed E-state index contributed by atoms with van der Waals surface area (Å²) in [5.74, 6) is 1.18. The second-order valence-corrected chi connectivity index (χ2v) is 5.04. The van der Waals surface area contributed by atoms with Gasteiger partial charge in [0.05, 0.1) is 11.9 Å². The van der Waals surface area contributed by atoms with Gasteiger partial charge in [-0.25, -0.2) is 4.98 Å². The van der Waals surface area contributed by atoms with Gasteiger partial charge in [-0.3, -0.25) is 4.99 Å². The number of hydrogen-bond donors (Lipinski definition) is 1. The van der Waals surface area contributed by atoms with E-state index in [2.05, 4.69) is 22.2 Å². The predicted octanol–water partition coefficient (Wildman–Crippen LogP) is 3.16. The van der Waals surface area contributed by atoms with E-state index in [1.165, 1.54) is 30.1 Å². The van der Waals surface area contributed by atoms with Crippen LogP contribution >= 0.6 is 11.3 Å².